The Hall–Kier alpha value is -2.18. The molecule has 0 atom stereocenters. The van der Waals surface area contributed by atoms with Gasteiger partial charge in [-0.2, -0.15) is 9.72 Å². The number of aromatic nitrogens is 1. The largest absolute Gasteiger partial charge is 0.427 e. The van der Waals surface area contributed by atoms with Crippen molar-refractivity contribution in [1.82, 2.24) is 4.73 Å². The van der Waals surface area contributed by atoms with Crippen LogP contribution in [-0.4, -0.2) is 20.8 Å². The number of hydrogen-bond acceptors (Lipinski definition) is 4. The van der Waals surface area contributed by atoms with Gasteiger partial charge in [-0.3, -0.25) is 14.9 Å². The average Bonchev–Trinajstić information content (AvgIpc) is 2.08. The number of carbonyl (C=O) groups excluding carboxylic acids is 1. The first-order valence-electron chi connectivity index (χ1n) is 4.04. The first-order valence-corrected chi connectivity index (χ1v) is 4.04. The van der Waals surface area contributed by atoms with Crippen molar-refractivity contribution in [2.45, 2.75) is 13.8 Å². The summed E-state index contributed by atoms with van der Waals surface area (Å²) in [5.41, 5.74) is -0.0786. The van der Waals surface area contributed by atoms with Gasteiger partial charge < -0.3 is 5.21 Å². The van der Waals surface area contributed by atoms with Crippen molar-refractivity contribution >= 4 is 11.6 Å². The van der Waals surface area contributed by atoms with E-state index in [-0.39, 0.29) is 16.7 Å². The van der Waals surface area contributed by atoms with Crippen molar-refractivity contribution in [2.75, 3.05) is 0 Å². The Labute approximate surface area is 84.4 Å². The second kappa shape index (κ2) is 3.91. The third-order valence-corrected chi connectivity index (χ3v) is 1.69. The topological polar surface area (TPSA) is 97.7 Å². The number of aryl methyl sites for hydroxylation is 1. The first-order chi connectivity index (χ1) is 6.91. The molecule has 0 radical (unpaired) electrons. The van der Waals surface area contributed by atoms with Gasteiger partial charge in [-0.15, -0.1) is 0 Å². The Kier molecular flexibility index (Phi) is 2.84. The summed E-state index contributed by atoms with van der Waals surface area (Å²) in [7, 11) is 0. The fraction of sp³-hybridized carbons (Fsp3) is 0.250. The molecule has 80 valence electrons. The van der Waals surface area contributed by atoms with Crippen molar-refractivity contribution < 1.29 is 14.9 Å². The van der Waals surface area contributed by atoms with E-state index < -0.39 is 10.8 Å². The van der Waals surface area contributed by atoms with Crippen molar-refractivity contribution in [1.29, 1.82) is 0 Å². The lowest BCUT2D eigenvalue weighted by Crippen LogP contribution is -2.20. The molecule has 0 aliphatic heterocycles. The molecule has 0 aliphatic rings. The third kappa shape index (κ3) is 2.39. The molecule has 0 spiro atoms. The van der Waals surface area contributed by atoms with Crippen LogP contribution in [0.5, 0.6) is 0 Å². The fourth-order valence-electron chi connectivity index (χ4n) is 1.06. The normalized spacial score (nSPS) is 11.5. The fourth-order valence-corrected chi connectivity index (χ4v) is 1.06. The highest BCUT2D eigenvalue weighted by molar-refractivity contribution is 5.73. The molecule has 7 nitrogen and oxygen atoms in total. The average molecular weight is 211 g/mol. The van der Waals surface area contributed by atoms with Gasteiger partial charge in [0.15, 0.2) is 5.49 Å². The standard InChI is InChI=1S/C8H9N3O4/c1-5-4-10(13)8(9-6(2)12)3-7(5)11(14)15/h3-4,13H,1-2H3. The van der Waals surface area contributed by atoms with E-state index in [1.807, 2.05) is 0 Å². The van der Waals surface area contributed by atoms with Gasteiger partial charge in [0.05, 0.1) is 17.2 Å². The predicted octanol–water partition coefficient (Wildman–Crippen LogP) is 0.389. The van der Waals surface area contributed by atoms with E-state index in [1.165, 1.54) is 13.8 Å². The molecule has 1 amide bonds. The summed E-state index contributed by atoms with van der Waals surface area (Å²) in [6, 6.07) is 1.04. The van der Waals surface area contributed by atoms with Crippen LogP contribution in [0.4, 0.5) is 5.69 Å². The van der Waals surface area contributed by atoms with Crippen LogP contribution in [0.25, 0.3) is 0 Å². The summed E-state index contributed by atoms with van der Waals surface area (Å²) in [5, 5.41) is 19.9. The Morgan fingerprint density at radius 2 is 2.27 bits per heavy atom. The summed E-state index contributed by atoms with van der Waals surface area (Å²) in [4.78, 5) is 24.0. The molecule has 1 N–H and O–H groups in total. The first kappa shape index (κ1) is 10.9. The molecule has 15 heavy (non-hydrogen) atoms. The number of pyridine rings is 1. The highest BCUT2D eigenvalue weighted by Gasteiger charge is 2.12. The minimum Gasteiger partial charge on any atom is -0.427 e. The number of rotatable bonds is 1. The van der Waals surface area contributed by atoms with E-state index >= 15 is 0 Å². The van der Waals surface area contributed by atoms with Gasteiger partial charge in [0.1, 0.15) is 0 Å². The second-order valence-electron chi connectivity index (χ2n) is 2.93. The number of nitrogens with zero attached hydrogens (tertiary/aromatic N) is 3. The molecule has 1 rings (SSSR count). The molecule has 0 bridgehead atoms. The zero-order valence-corrected chi connectivity index (χ0v) is 8.17. The van der Waals surface area contributed by atoms with Gasteiger partial charge in [-0.05, 0) is 6.92 Å². The van der Waals surface area contributed by atoms with Crippen LogP contribution in [0.2, 0.25) is 0 Å². The van der Waals surface area contributed by atoms with Gasteiger partial charge in [0.2, 0.25) is 5.91 Å². The summed E-state index contributed by atoms with van der Waals surface area (Å²) in [5.74, 6) is -0.545. The smallest absolute Gasteiger partial charge is 0.277 e. The summed E-state index contributed by atoms with van der Waals surface area (Å²) >= 11 is 0. The summed E-state index contributed by atoms with van der Waals surface area (Å²) in [6.07, 6.45) is 1.12. The molecule has 7 heteroatoms. The van der Waals surface area contributed by atoms with Crippen LogP contribution in [0.15, 0.2) is 17.3 Å². The molecular weight excluding hydrogens is 202 g/mol. The summed E-state index contributed by atoms with van der Waals surface area (Å²) < 4.78 is 0.573. The number of carbonyl (C=O) groups is 1. The number of amides is 1. The van der Waals surface area contributed by atoms with E-state index in [0.717, 1.165) is 12.3 Å². The molecule has 0 unspecified atom stereocenters. The van der Waals surface area contributed by atoms with E-state index in [9.17, 15) is 20.1 Å². The van der Waals surface area contributed by atoms with Crippen molar-refractivity contribution in [3.63, 3.8) is 0 Å². The zero-order chi connectivity index (χ0) is 11.6. The molecule has 0 aromatic carbocycles. The van der Waals surface area contributed by atoms with Crippen LogP contribution in [-0.2, 0) is 4.79 Å². The maximum absolute atomic E-state index is 10.7. The quantitative estimate of drug-likeness (QED) is 0.412. The molecule has 1 heterocycles. The zero-order valence-electron chi connectivity index (χ0n) is 8.17. The summed E-state index contributed by atoms with van der Waals surface area (Å²) in [6.45, 7) is 2.66. The Bertz CT molecular complexity index is 489. The number of hydrogen-bond donors (Lipinski definition) is 1. The van der Waals surface area contributed by atoms with Crippen LogP contribution in [0.1, 0.15) is 12.5 Å². The minimum absolute atomic E-state index is 0.167. The van der Waals surface area contributed by atoms with Crippen molar-refractivity contribution in [3.8, 4) is 0 Å². The van der Waals surface area contributed by atoms with Gasteiger partial charge in [0, 0.05) is 12.5 Å². The Morgan fingerprint density at radius 1 is 1.67 bits per heavy atom. The third-order valence-electron chi connectivity index (χ3n) is 1.69. The van der Waals surface area contributed by atoms with Gasteiger partial charge in [-0.1, -0.05) is 0 Å². The van der Waals surface area contributed by atoms with Gasteiger partial charge >= 0.3 is 0 Å². The van der Waals surface area contributed by atoms with E-state index in [1.54, 1.807) is 0 Å². The monoisotopic (exact) mass is 211 g/mol. The maximum Gasteiger partial charge on any atom is 0.277 e. The van der Waals surface area contributed by atoms with E-state index in [2.05, 4.69) is 4.99 Å². The highest BCUT2D eigenvalue weighted by atomic mass is 16.6. The highest BCUT2D eigenvalue weighted by Crippen LogP contribution is 2.12. The lowest BCUT2D eigenvalue weighted by atomic mass is 10.3. The van der Waals surface area contributed by atoms with Crippen LogP contribution in [0.3, 0.4) is 0 Å². The molecule has 0 saturated heterocycles. The molecule has 0 fully saturated rings. The van der Waals surface area contributed by atoms with Gasteiger partial charge in [-0.25, -0.2) is 0 Å². The van der Waals surface area contributed by atoms with Crippen LogP contribution >= 0.6 is 0 Å². The van der Waals surface area contributed by atoms with Gasteiger partial charge in [0.25, 0.3) is 5.69 Å². The molecular formula is C8H9N3O4. The van der Waals surface area contributed by atoms with Crippen molar-refractivity contribution in [3.05, 3.63) is 33.4 Å². The number of nitro groups is 1. The lowest BCUT2D eigenvalue weighted by Gasteiger charge is -2.00. The molecule has 0 saturated carbocycles. The van der Waals surface area contributed by atoms with E-state index in [0.29, 0.717) is 4.73 Å². The Balaban J connectivity index is 3.50. The SMILES string of the molecule is CC(=O)N=c1cc([N+](=O)[O-])c(C)cn1O. The van der Waals surface area contributed by atoms with Crippen LogP contribution in [0, 0.1) is 17.0 Å². The molecule has 1 aromatic rings. The second-order valence-corrected chi connectivity index (χ2v) is 2.93. The minimum atomic E-state index is -0.603. The van der Waals surface area contributed by atoms with Crippen molar-refractivity contribution in [2.24, 2.45) is 4.99 Å². The molecule has 0 aliphatic carbocycles. The Morgan fingerprint density at radius 3 is 2.73 bits per heavy atom. The van der Waals surface area contributed by atoms with E-state index in [4.69, 9.17) is 0 Å². The predicted molar refractivity (Wildman–Crippen MR) is 49.3 cm³/mol. The molecule has 1 aromatic heterocycles. The lowest BCUT2D eigenvalue weighted by molar-refractivity contribution is -0.385. The van der Waals surface area contributed by atoms with Crippen LogP contribution < -0.4 is 5.49 Å². The maximum atomic E-state index is 10.7.